The van der Waals surface area contributed by atoms with Crippen LogP contribution in [0.15, 0.2) is 66.7 Å². The second-order valence-corrected chi connectivity index (χ2v) is 8.07. The van der Waals surface area contributed by atoms with Crippen LogP contribution in [0.3, 0.4) is 0 Å². The molecule has 0 aliphatic heterocycles. The Morgan fingerprint density at radius 1 is 1.11 bits per heavy atom. The summed E-state index contributed by atoms with van der Waals surface area (Å²) in [6, 6.07) is 18.5. The SMILES string of the molecule is CCc1cccc(C)c1NNC(=O)C(NC(=S)Nc1ccc(OC)cc1[N+](=O)[O-])c1ccccc1. The van der Waals surface area contributed by atoms with Gasteiger partial charge >= 0.3 is 0 Å². The van der Waals surface area contributed by atoms with Gasteiger partial charge in [-0.05, 0) is 54.4 Å². The number of nitrogens with zero attached hydrogens (tertiary/aromatic N) is 1. The third-order valence-electron chi connectivity index (χ3n) is 5.37. The summed E-state index contributed by atoms with van der Waals surface area (Å²) in [7, 11) is 1.43. The Labute approximate surface area is 209 Å². The van der Waals surface area contributed by atoms with Gasteiger partial charge in [-0.15, -0.1) is 0 Å². The van der Waals surface area contributed by atoms with Crippen molar-refractivity contribution in [2.45, 2.75) is 26.3 Å². The normalized spacial score (nSPS) is 11.2. The maximum atomic E-state index is 13.2. The number of thiocarbonyl (C=S) groups is 1. The molecule has 0 saturated carbocycles. The van der Waals surface area contributed by atoms with Gasteiger partial charge in [0.05, 0.1) is 23.8 Å². The number of anilines is 2. The minimum absolute atomic E-state index is 0.0485. The summed E-state index contributed by atoms with van der Waals surface area (Å²) in [5, 5.41) is 17.3. The minimum atomic E-state index is -0.866. The van der Waals surface area contributed by atoms with Crippen LogP contribution in [0.5, 0.6) is 5.75 Å². The van der Waals surface area contributed by atoms with Crippen molar-refractivity contribution >= 4 is 40.3 Å². The van der Waals surface area contributed by atoms with Gasteiger partial charge in [0.2, 0.25) is 0 Å². The number of aryl methyl sites for hydroxylation is 2. The molecule has 1 atom stereocenters. The van der Waals surface area contributed by atoms with Gasteiger partial charge < -0.3 is 15.4 Å². The highest BCUT2D eigenvalue weighted by Crippen LogP contribution is 2.29. The molecule has 0 radical (unpaired) electrons. The molecule has 0 spiro atoms. The van der Waals surface area contributed by atoms with E-state index in [2.05, 4.69) is 21.5 Å². The Bertz CT molecular complexity index is 1220. The lowest BCUT2D eigenvalue weighted by molar-refractivity contribution is -0.384. The van der Waals surface area contributed by atoms with E-state index in [1.54, 1.807) is 18.2 Å². The summed E-state index contributed by atoms with van der Waals surface area (Å²) in [4.78, 5) is 24.2. The first-order valence-electron chi connectivity index (χ1n) is 10.9. The smallest absolute Gasteiger partial charge is 0.296 e. The highest BCUT2D eigenvalue weighted by molar-refractivity contribution is 7.80. The topological polar surface area (TPSA) is 118 Å². The average Bonchev–Trinajstić information content (AvgIpc) is 2.86. The molecule has 35 heavy (non-hydrogen) atoms. The fourth-order valence-electron chi connectivity index (χ4n) is 3.53. The number of hydrazine groups is 1. The summed E-state index contributed by atoms with van der Waals surface area (Å²) < 4.78 is 5.07. The van der Waals surface area contributed by atoms with Gasteiger partial charge in [0.25, 0.3) is 11.6 Å². The summed E-state index contributed by atoms with van der Waals surface area (Å²) in [5.74, 6) is -0.0358. The molecule has 1 unspecified atom stereocenters. The lowest BCUT2D eigenvalue weighted by atomic mass is 10.1. The molecular formula is C25H27N5O4S. The fraction of sp³-hybridized carbons (Fsp3) is 0.200. The highest BCUT2D eigenvalue weighted by Gasteiger charge is 2.23. The van der Waals surface area contributed by atoms with Crippen molar-refractivity contribution in [1.29, 1.82) is 0 Å². The van der Waals surface area contributed by atoms with Crippen LogP contribution in [0.4, 0.5) is 17.1 Å². The largest absolute Gasteiger partial charge is 0.496 e. The molecule has 182 valence electrons. The molecule has 0 bridgehead atoms. The van der Waals surface area contributed by atoms with Crippen LogP contribution >= 0.6 is 12.2 Å². The number of rotatable bonds is 9. The summed E-state index contributed by atoms with van der Waals surface area (Å²) >= 11 is 5.40. The van der Waals surface area contributed by atoms with Gasteiger partial charge in [-0.3, -0.25) is 25.8 Å². The summed E-state index contributed by atoms with van der Waals surface area (Å²) in [6.07, 6.45) is 0.800. The van der Waals surface area contributed by atoms with Crippen molar-refractivity contribution in [3.8, 4) is 5.75 Å². The van der Waals surface area contributed by atoms with Gasteiger partial charge in [0.15, 0.2) is 5.11 Å². The molecule has 3 rings (SSSR count). The van der Waals surface area contributed by atoms with Crippen LogP contribution in [-0.4, -0.2) is 23.1 Å². The van der Waals surface area contributed by atoms with Gasteiger partial charge in [-0.2, -0.15) is 0 Å². The van der Waals surface area contributed by atoms with Crippen molar-refractivity contribution in [1.82, 2.24) is 10.7 Å². The Balaban J connectivity index is 1.79. The predicted octanol–water partition coefficient (Wildman–Crippen LogP) is 4.65. The molecule has 0 aliphatic carbocycles. The van der Waals surface area contributed by atoms with Crippen molar-refractivity contribution in [2.75, 3.05) is 17.9 Å². The van der Waals surface area contributed by atoms with E-state index in [4.69, 9.17) is 17.0 Å². The van der Waals surface area contributed by atoms with E-state index >= 15 is 0 Å². The molecule has 1 amide bonds. The van der Waals surface area contributed by atoms with E-state index in [0.29, 0.717) is 11.3 Å². The number of hydrogen-bond donors (Lipinski definition) is 4. The average molecular weight is 494 g/mol. The molecule has 0 aromatic heterocycles. The summed E-state index contributed by atoms with van der Waals surface area (Å²) in [5.41, 5.74) is 9.34. The summed E-state index contributed by atoms with van der Waals surface area (Å²) in [6.45, 7) is 4.00. The number of methoxy groups -OCH3 is 1. The van der Waals surface area contributed by atoms with E-state index in [0.717, 1.165) is 23.2 Å². The van der Waals surface area contributed by atoms with Crippen LogP contribution in [0.25, 0.3) is 0 Å². The molecule has 0 aliphatic rings. The van der Waals surface area contributed by atoms with E-state index in [1.165, 1.54) is 19.2 Å². The van der Waals surface area contributed by atoms with Crippen molar-refractivity contribution in [3.63, 3.8) is 0 Å². The number of hydrogen-bond acceptors (Lipinski definition) is 6. The Morgan fingerprint density at radius 2 is 1.86 bits per heavy atom. The third-order valence-corrected chi connectivity index (χ3v) is 5.59. The molecule has 3 aromatic carbocycles. The zero-order valence-electron chi connectivity index (χ0n) is 19.6. The van der Waals surface area contributed by atoms with E-state index < -0.39 is 11.0 Å². The monoisotopic (exact) mass is 493 g/mol. The maximum Gasteiger partial charge on any atom is 0.296 e. The van der Waals surface area contributed by atoms with E-state index in [-0.39, 0.29) is 22.4 Å². The van der Waals surface area contributed by atoms with Gasteiger partial charge in [-0.25, -0.2) is 0 Å². The van der Waals surface area contributed by atoms with Crippen LogP contribution in [0.2, 0.25) is 0 Å². The number of carbonyl (C=O) groups is 1. The number of carbonyl (C=O) groups excluding carboxylic acids is 1. The minimum Gasteiger partial charge on any atom is -0.496 e. The Morgan fingerprint density at radius 3 is 2.51 bits per heavy atom. The molecule has 9 nitrogen and oxygen atoms in total. The number of nitro groups is 1. The quantitative estimate of drug-likeness (QED) is 0.193. The zero-order chi connectivity index (χ0) is 25.4. The molecule has 3 aromatic rings. The zero-order valence-corrected chi connectivity index (χ0v) is 20.4. The number of nitro benzene ring substituents is 1. The molecule has 10 heteroatoms. The lowest BCUT2D eigenvalue weighted by Crippen LogP contribution is -2.44. The van der Waals surface area contributed by atoms with Gasteiger partial charge in [-0.1, -0.05) is 55.5 Å². The fourth-order valence-corrected chi connectivity index (χ4v) is 3.76. The number of ether oxygens (including phenoxy) is 1. The van der Waals surface area contributed by atoms with Crippen LogP contribution < -0.4 is 26.2 Å². The third kappa shape index (κ3) is 6.45. The van der Waals surface area contributed by atoms with Crippen molar-refractivity contribution < 1.29 is 14.5 Å². The highest BCUT2D eigenvalue weighted by atomic mass is 32.1. The van der Waals surface area contributed by atoms with Crippen LogP contribution in [0.1, 0.15) is 29.7 Å². The Hall–Kier alpha value is -4.18. The first-order chi connectivity index (χ1) is 16.8. The van der Waals surface area contributed by atoms with E-state index in [1.807, 2.05) is 50.2 Å². The molecule has 4 N–H and O–H groups in total. The second-order valence-electron chi connectivity index (χ2n) is 7.66. The van der Waals surface area contributed by atoms with Crippen LogP contribution in [-0.2, 0) is 11.2 Å². The number of amides is 1. The molecule has 0 saturated heterocycles. The second kappa shape index (κ2) is 11.8. The van der Waals surface area contributed by atoms with Crippen molar-refractivity contribution in [3.05, 3.63) is 93.5 Å². The maximum absolute atomic E-state index is 13.2. The standard InChI is InChI=1S/C25H27N5O4S/c1-4-17-12-8-9-16(2)22(17)28-29-24(31)23(18-10-6-5-7-11-18)27-25(35)26-20-14-13-19(34-3)15-21(20)30(32)33/h5-15,23,28H,4H2,1-3H3,(H,29,31)(H2,26,27,35). The van der Waals surface area contributed by atoms with Crippen molar-refractivity contribution in [2.24, 2.45) is 0 Å². The number of benzene rings is 3. The first kappa shape index (κ1) is 25.4. The number of nitrogens with one attached hydrogen (secondary N) is 4. The Kier molecular flexibility index (Phi) is 8.58. The molecular weight excluding hydrogens is 466 g/mol. The first-order valence-corrected chi connectivity index (χ1v) is 11.3. The predicted molar refractivity (Wildman–Crippen MR) is 141 cm³/mol. The lowest BCUT2D eigenvalue weighted by Gasteiger charge is -2.22. The van der Waals surface area contributed by atoms with Gasteiger partial charge in [0, 0.05) is 0 Å². The van der Waals surface area contributed by atoms with Crippen LogP contribution in [0, 0.1) is 17.0 Å². The molecule has 0 heterocycles. The number of para-hydroxylation sites is 1. The van der Waals surface area contributed by atoms with E-state index in [9.17, 15) is 14.9 Å². The molecule has 0 fully saturated rings. The van der Waals surface area contributed by atoms with Gasteiger partial charge in [0.1, 0.15) is 17.5 Å².